The highest BCUT2D eigenvalue weighted by atomic mass is 32.1. The number of benzene rings is 2. The van der Waals surface area contributed by atoms with E-state index in [2.05, 4.69) is 16.9 Å². The lowest BCUT2D eigenvalue weighted by Gasteiger charge is -2.28. The zero-order chi connectivity index (χ0) is 32.7. The van der Waals surface area contributed by atoms with E-state index in [1.54, 1.807) is 11.1 Å². The lowest BCUT2D eigenvalue weighted by molar-refractivity contribution is -0.127. The summed E-state index contributed by atoms with van der Waals surface area (Å²) in [5.41, 5.74) is 6.79. The number of ether oxygens (including phenoxy) is 2. The molecule has 0 spiro atoms. The van der Waals surface area contributed by atoms with Crippen LogP contribution in [0.15, 0.2) is 66.7 Å². The Balaban J connectivity index is 1.47. The van der Waals surface area contributed by atoms with E-state index in [1.807, 2.05) is 35.7 Å². The highest BCUT2D eigenvalue weighted by molar-refractivity contribution is 7.18. The highest BCUT2D eigenvalue weighted by Crippen LogP contribution is 2.47. The van der Waals surface area contributed by atoms with Crippen molar-refractivity contribution in [2.75, 3.05) is 26.9 Å². The molecule has 0 saturated carbocycles. The number of nitrogens with zero attached hydrogens (tertiary/aromatic N) is 3. The number of carbonyl (C=O) groups is 2. The number of aromatic nitrogens is 2. The Labute approximate surface area is 273 Å². The first-order valence-corrected chi connectivity index (χ1v) is 16.0. The number of amides is 2. The monoisotopic (exact) mass is 652 g/mol. The van der Waals surface area contributed by atoms with Gasteiger partial charge in [-0.25, -0.2) is 13.8 Å². The highest BCUT2D eigenvalue weighted by Gasteiger charge is 2.27. The molecule has 47 heavy (non-hydrogen) atoms. The van der Waals surface area contributed by atoms with E-state index in [1.165, 1.54) is 30.6 Å². The number of fused-ring (bicyclic) bond motifs is 3. The van der Waals surface area contributed by atoms with Crippen LogP contribution in [-0.4, -0.2) is 53.6 Å². The maximum atomic E-state index is 16.1. The van der Waals surface area contributed by atoms with Gasteiger partial charge in [0, 0.05) is 71.9 Å². The number of carbonyl (C=O) groups excluding carboxylic acids is 2. The maximum absolute atomic E-state index is 16.1. The first-order valence-electron chi connectivity index (χ1n) is 15.1. The Morgan fingerprint density at radius 1 is 1.06 bits per heavy atom. The lowest BCUT2D eigenvalue weighted by atomic mass is 9.91. The van der Waals surface area contributed by atoms with Crippen molar-refractivity contribution in [3.05, 3.63) is 101 Å². The number of rotatable bonds is 8. The number of pyridine rings is 2. The van der Waals surface area contributed by atoms with Crippen LogP contribution in [0.25, 0.3) is 43.7 Å². The number of hydrogen-bond donors (Lipinski definition) is 1. The van der Waals surface area contributed by atoms with E-state index in [0.29, 0.717) is 48.6 Å². The van der Waals surface area contributed by atoms with Crippen molar-refractivity contribution in [1.82, 2.24) is 20.2 Å². The van der Waals surface area contributed by atoms with Gasteiger partial charge >= 0.3 is 0 Å². The molecule has 2 amide bonds. The molecule has 1 N–H and O–H groups in total. The summed E-state index contributed by atoms with van der Waals surface area (Å²) in [6, 6.07) is 11.9. The Morgan fingerprint density at radius 3 is 2.74 bits per heavy atom. The van der Waals surface area contributed by atoms with Gasteiger partial charge in [0.25, 0.3) is 0 Å². The normalized spacial score (nSPS) is 14.0. The topological polar surface area (TPSA) is 93.7 Å². The van der Waals surface area contributed by atoms with Crippen LogP contribution in [0, 0.1) is 11.6 Å². The van der Waals surface area contributed by atoms with Crippen LogP contribution in [0.3, 0.4) is 0 Å². The first kappa shape index (κ1) is 30.6. The number of methoxy groups -OCH3 is 1. The predicted molar refractivity (Wildman–Crippen MR) is 176 cm³/mol. The molecule has 7 rings (SSSR count). The number of halogens is 2. The Morgan fingerprint density at radius 2 is 1.91 bits per heavy atom. The lowest BCUT2D eigenvalue weighted by Crippen LogP contribution is -2.34. The molecule has 0 aliphatic carbocycles. The average molecular weight is 653 g/mol. The maximum Gasteiger partial charge on any atom is 0.246 e. The fourth-order valence-electron chi connectivity index (χ4n) is 6.24. The van der Waals surface area contributed by atoms with Crippen LogP contribution in [0.2, 0.25) is 0 Å². The molecule has 2 aliphatic heterocycles. The van der Waals surface area contributed by atoms with E-state index < -0.39 is 11.6 Å². The van der Waals surface area contributed by atoms with Gasteiger partial charge < -0.3 is 19.7 Å². The van der Waals surface area contributed by atoms with Gasteiger partial charge in [0.2, 0.25) is 11.8 Å². The van der Waals surface area contributed by atoms with E-state index >= 15 is 4.39 Å². The van der Waals surface area contributed by atoms with Crippen LogP contribution in [0.5, 0.6) is 5.75 Å². The van der Waals surface area contributed by atoms with Gasteiger partial charge in [0.05, 0.1) is 35.7 Å². The van der Waals surface area contributed by atoms with Gasteiger partial charge in [-0.1, -0.05) is 18.7 Å². The molecular formula is C36H30F2N4O4S. The SMILES string of the molecule is C=CC(=O)N1CCc2ccc(-c3nc(-c4cnc5c(c4)CNC(=O)C5)c4ccsc4c3-c3c(F)cc(F)cc3OCCOC)cc2C1. The standard InChI is InChI=1S/C36H30F2N4O4S/c1-3-31(44)42-8-6-20-4-5-21(12-24(20)19-42)35-33(32-27(38)14-25(37)15-29(32)46-10-9-45-2)36-26(7-11-47-36)34(41-35)23-13-22-17-40-30(43)16-28(22)39-18-23/h3-5,7,11-15,18H,1,6,8-10,16-17,19H2,2H3,(H,40,43). The van der Waals surface area contributed by atoms with Crippen LogP contribution >= 0.6 is 11.3 Å². The van der Waals surface area contributed by atoms with Crippen molar-refractivity contribution >= 4 is 33.2 Å². The van der Waals surface area contributed by atoms with Gasteiger partial charge in [-0.05, 0) is 52.8 Å². The fraction of sp³-hybridized carbons (Fsp3) is 0.222. The zero-order valence-electron chi connectivity index (χ0n) is 25.6. The summed E-state index contributed by atoms with van der Waals surface area (Å²) < 4.78 is 42.5. The largest absolute Gasteiger partial charge is 0.490 e. The third-order valence-corrected chi connectivity index (χ3v) is 9.47. The van der Waals surface area contributed by atoms with E-state index in [-0.39, 0.29) is 42.8 Å². The summed E-state index contributed by atoms with van der Waals surface area (Å²) in [4.78, 5) is 36.0. The molecule has 5 aromatic rings. The molecule has 0 fully saturated rings. The minimum atomic E-state index is -0.783. The molecule has 5 heterocycles. The number of thiophene rings is 1. The summed E-state index contributed by atoms with van der Waals surface area (Å²) in [6.07, 6.45) is 3.92. The minimum Gasteiger partial charge on any atom is -0.490 e. The molecule has 0 unspecified atom stereocenters. The minimum absolute atomic E-state index is 0.0388. The molecule has 11 heteroatoms. The van der Waals surface area contributed by atoms with E-state index in [4.69, 9.17) is 14.5 Å². The molecule has 8 nitrogen and oxygen atoms in total. The molecule has 3 aromatic heterocycles. The van der Waals surface area contributed by atoms with Crippen molar-refractivity contribution < 1.29 is 27.8 Å². The average Bonchev–Trinajstić information content (AvgIpc) is 3.57. The molecule has 0 saturated heterocycles. The van der Waals surface area contributed by atoms with Crippen molar-refractivity contribution in [2.45, 2.75) is 25.9 Å². The molecule has 0 radical (unpaired) electrons. The van der Waals surface area contributed by atoms with Gasteiger partial charge in [-0.15, -0.1) is 11.3 Å². The first-order chi connectivity index (χ1) is 22.8. The molecular weight excluding hydrogens is 622 g/mol. The number of nitrogens with one attached hydrogen (secondary N) is 1. The summed E-state index contributed by atoms with van der Waals surface area (Å²) in [5.74, 6) is -1.73. The quantitative estimate of drug-likeness (QED) is 0.158. The molecule has 0 bridgehead atoms. The Hall–Kier alpha value is -5.00. The van der Waals surface area contributed by atoms with Crippen molar-refractivity contribution in [3.8, 4) is 39.4 Å². The van der Waals surface area contributed by atoms with Crippen molar-refractivity contribution in [1.29, 1.82) is 0 Å². The van der Waals surface area contributed by atoms with Gasteiger partial charge in [-0.3, -0.25) is 14.6 Å². The third-order valence-electron chi connectivity index (χ3n) is 8.54. The van der Waals surface area contributed by atoms with Gasteiger partial charge in [-0.2, -0.15) is 0 Å². The Bertz CT molecular complexity index is 2080. The number of hydrogen-bond acceptors (Lipinski definition) is 7. The van der Waals surface area contributed by atoms with E-state index in [9.17, 15) is 14.0 Å². The second-order valence-electron chi connectivity index (χ2n) is 11.4. The molecule has 2 aliphatic rings. The third kappa shape index (κ3) is 5.77. The van der Waals surface area contributed by atoms with Crippen molar-refractivity contribution in [3.63, 3.8) is 0 Å². The fourth-order valence-corrected chi connectivity index (χ4v) is 7.19. The molecule has 238 valence electrons. The molecule has 2 aromatic carbocycles. The van der Waals surface area contributed by atoms with Gasteiger partial charge in [0.1, 0.15) is 24.0 Å². The smallest absolute Gasteiger partial charge is 0.246 e. The molecule has 0 atom stereocenters. The summed E-state index contributed by atoms with van der Waals surface area (Å²) in [5, 5.41) is 5.55. The van der Waals surface area contributed by atoms with Crippen molar-refractivity contribution in [2.24, 2.45) is 0 Å². The van der Waals surface area contributed by atoms with Crippen LogP contribution in [0.4, 0.5) is 8.78 Å². The van der Waals surface area contributed by atoms with Crippen LogP contribution < -0.4 is 10.1 Å². The summed E-state index contributed by atoms with van der Waals surface area (Å²) in [7, 11) is 1.52. The summed E-state index contributed by atoms with van der Waals surface area (Å²) in [6.45, 7) is 5.30. The second-order valence-corrected chi connectivity index (χ2v) is 12.3. The van der Waals surface area contributed by atoms with Crippen LogP contribution in [0.1, 0.15) is 22.4 Å². The zero-order valence-corrected chi connectivity index (χ0v) is 26.4. The predicted octanol–water partition coefficient (Wildman–Crippen LogP) is 6.24. The summed E-state index contributed by atoms with van der Waals surface area (Å²) >= 11 is 1.42. The van der Waals surface area contributed by atoms with E-state index in [0.717, 1.165) is 44.1 Å². The van der Waals surface area contributed by atoms with Crippen LogP contribution in [-0.2, 0) is 40.3 Å². The second kappa shape index (κ2) is 12.7. The van der Waals surface area contributed by atoms with Gasteiger partial charge in [0.15, 0.2) is 0 Å². The Kier molecular flexibility index (Phi) is 8.25.